The molecule has 1 N–H and O–H groups in total. The molecule has 3 nitrogen and oxygen atoms in total. The number of fused-ring (bicyclic) bond motifs is 1. The van der Waals surface area contributed by atoms with Crippen LogP contribution in [0.25, 0.3) is 0 Å². The molecule has 0 fully saturated rings. The molecule has 0 aliphatic carbocycles. The van der Waals surface area contributed by atoms with E-state index in [9.17, 15) is 4.79 Å². The molecule has 4 heteroatoms. The number of allylic oxidation sites excluding steroid dienone is 1. The molecule has 1 amide bonds. The van der Waals surface area contributed by atoms with E-state index in [0.29, 0.717) is 0 Å². The van der Waals surface area contributed by atoms with Crippen molar-refractivity contribution in [3.8, 4) is 0 Å². The average molecular weight is 375 g/mol. The van der Waals surface area contributed by atoms with Crippen molar-refractivity contribution in [1.29, 1.82) is 0 Å². The van der Waals surface area contributed by atoms with Crippen molar-refractivity contribution in [1.82, 2.24) is 5.32 Å². The van der Waals surface area contributed by atoms with E-state index in [0.717, 1.165) is 28.8 Å². The number of aliphatic imine (C=N–C) groups is 1. The third-order valence-electron chi connectivity index (χ3n) is 4.95. The number of benzene rings is 2. The van der Waals surface area contributed by atoms with Gasteiger partial charge in [0.2, 0.25) is 5.91 Å². The summed E-state index contributed by atoms with van der Waals surface area (Å²) in [5.74, 6) is 0.000217. The van der Waals surface area contributed by atoms with Gasteiger partial charge in [-0.3, -0.25) is 9.79 Å². The Labute approximate surface area is 164 Å². The van der Waals surface area contributed by atoms with E-state index in [2.05, 4.69) is 35.9 Å². The van der Waals surface area contributed by atoms with Crippen LogP contribution in [0.15, 0.2) is 88.8 Å². The Morgan fingerprint density at radius 3 is 2.52 bits per heavy atom. The lowest BCUT2D eigenvalue weighted by molar-refractivity contribution is -0.118. The predicted molar refractivity (Wildman–Crippen MR) is 113 cm³/mol. The molecule has 0 aromatic heterocycles. The number of hydrogen-bond acceptors (Lipinski definition) is 3. The first-order valence-electron chi connectivity index (χ1n) is 9.29. The monoisotopic (exact) mass is 374 g/mol. The van der Waals surface area contributed by atoms with E-state index in [1.807, 2.05) is 54.6 Å². The van der Waals surface area contributed by atoms with Crippen LogP contribution in [-0.4, -0.2) is 22.9 Å². The second kappa shape index (κ2) is 7.97. The molecular formula is C23H22N2OS. The van der Waals surface area contributed by atoms with E-state index in [1.165, 1.54) is 0 Å². The molecule has 2 aromatic carbocycles. The molecule has 2 aromatic rings. The Bertz CT molecular complexity index is 902. The summed E-state index contributed by atoms with van der Waals surface area (Å²) in [6.07, 6.45) is 4.90. The van der Waals surface area contributed by atoms with Gasteiger partial charge in [0.15, 0.2) is 0 Å². The molecule has 0 radical (unpaired) electrons. The summed E-state index contributed by atoms with van der Waals surface area (Å²) in [6.45, 7) is 2.10. The van der Waals surface area contributed by atoms with Gasteiger partial charge in [0.1, 0.15) is 0 Å². The minimum Gasteiger partial charge on any atom is -0.345 e. The lowest BCUT2D eigenvalue weighted by Crippen LogP contribution is -2.37. The maximum absolute atomic E-state index is 13.2. The van der Waals surface area contributed by atoms with Gasteiger partial charge in [-0.25, -0.2) is 0 Å². The van der Waals surface area contributed by atoms with Crippen molar-refractivity contribution in [3.05, 3.63) is 94.9 Å². The molecule has 0 saturated heterocycles. The second-order valence-corrected chi connectivity index (χ2v) is 7.75. The fourth-order valence-corrected chi connectivity index (χ4v) is 4.55. The van der Waals surface area contributed by atoms with Crippen LogP contribution in [0.5, 0.6) is 0 Å². The molecule has 2 aliphatic rings. The third-order valence-corrected chi connectivity index (χ3v) is 6.09. The van der Waals surface area contributed by atoms with Crippen molar-refractivity contribution < 1.29 is 4.79 Å². The third kappa shape index (κ3) is 3.76. The normalized spacial score (nSPS) is 21.8. The quantitative estimate of drug-likeness (QED) is 0.825. The molecule has 4 rings (SSSR count). The maximum atomic E-state index is 13.2. The standard InChI is InChI=1S/C23H22N2OS/c1-2-19(16-9-5-3-6-10-16)25-23(26)18-15-21(17-11-7-4-8-12-17)24-20-13-14-27-22(18)20/h3-15,19-20,22H,2H2,1H3,(H,25,26)/t19-,20?,22?/m0/s1. The number of carbonyl (C=O) groups is 1. The van der Waals surface area contributed by atoms with Crippen LogP contribution in [0, 0.1) is 0 Å². The van der Waals surface area contributed by atoms with Crippen LogP contribution in [0.4, 0.5) is 0 Å². The highest BCUT2D eigenvalue weighted by Crippen LogP contribution is 2.36. The fourth-order valence-electron chi connectivity index (χ4n) is 3.50. The number of nitrogens with zero attached hydrogens (tertiary/aromatic N) is 1. The molecule has 2 unspecified atom stereocenters. The van der Waals surface area contributed by atoms with Gasteiger partial charge in [-0.1, -0.05) is 73.7 Å². The summed E-state index contributed by atoms with van der Waals surface area (Å²) >= 11 is 1.67. The predicted octanol–water partition coefficient (Wildman–Crippen LogP) is 4.68. The molecule has 0 bridgehead atoms. The van der Waals surface area contributed by atoms with Crippen molar-refractivity contribution in [2.45, 2.75) is 30.7 Å². The molecular weight excluding hydrogens is 352 g/mol. The summed E-state index contributed by atoms with van der Waals surface area (Å²) < 4.78 is 0. The first-order valence-corrected chi connectivity index (χ1v) is 10.2. The zero-order valence-electron chi connectivity index (χ0n) is 15.2. The lowest BCUT2D eigenvalue weighted by Gasteiger charge is -2.26. The molecule has 2 heterocycles. The zero-order valence-corrected chi connectivity index (χ0v) is 16.0. The van der Waals surface area contributed by atoms with Crippen LogP contribution in [0.3, 0.4) is 0 Å². The minimum atomic E-state index is 0.000217. The van der Waals surface area contributed by atoms with E-state index in [4.69, 9.17) is 4.99 Å². The maximum Gasteiger partial charge on any atom is 0.249 e. The Balaban J connectivity index is 1.61. The van der Waals surface area contributed by atoms with Gasteiger partial charge < -0.3 is 5.32 Å². The molecule has 27 heavy (non-hydrogen) atoms. The lowest BCUT2D eigenvalue weighted by atomic mass is 9.96. The number of amides is 1. The molecule has 2 aliphatic heterocycles. The number of rotatable bonds is 5. The SMILES string of the molecule is CC[C@H](NC(=O)C1=CC(c2ccccc2)=NC2C=CSC12)c1ccccc1. The molecule has 136 valence electrons. The summed E-state index contributed by atoms with van der Waals surface area (Å²) in [6, 6.07) is 20.2. The van der Waals surface area contributed by atoms with E-state index in [-0.39, 0.29) is 23.2 Å². The summed E-state index contributed by atoms with van der Waals surface area (Å²) in [5, 5.41) is 5.35. The largest absolute Gasteiger partial charge is 0.345 e. The highest BCUT2D eigenvalue weighted by atomic mass is 32.2. The highest BCUT2D eigenvalue weighted by molar-refractivity contribution is 8.03. The topological polar surface area (TPSA) is 41.5 Å². The molecule has 3 atom stereocenters. The van der Waals surface area contributed by atoms with Crippen LogP contribution < -0.4 is 5.32 Å². The number of nitrogens with one attached hydrogen (secondary N) is 1. The van der Waals surface area contributed by atoms with E-state index in [1.54, 1.807) is 11.8 Å². The van der Waals surface area contributed by atoms with Crippen molar-refractivity contribution in [2.75, 3.05) is 0 Å². The van der Waals surface area contributed by atoms with Crippen LogP contribution in [-0.2, 0) is 4.79 Å². The minimum absolute atomic E-state index is 0.000217. The van der Waals surface area contributed by atoms with Crippen LogP contribution in [0.2, 0.25) is 0 Å². The van der Waals surface area contributed by atoms with Crippen LogP contribution >= 0.6 is 11.8 Å². The van der Waals surface area contributed by atoms with Crippen molar-refractivity contribution in [3.63, 3.8) is 0 Å². The van der Waals surface area contributed by atoms with E-state index >= 15 is 0 Å². The van der Waals surface area contributed by atoms with Crippen LogP contribution in [0.1, 0.15) is 30.5 Å². The number of thioether (sulfide) groups is 1. The summed E-state index contributed by atoms with van der Waals surface area (Å²) in [4.78, 5) is 18.0. The van der Waals surface area contributed by atoms with Gasteiger partial charge in [-0.05, 0) is 29.0 Å². The van der Waals surface area contributed by atoms with Gasteiger partial charge in [-0.2, -0.15) is 0 Å². The van der Waals surface area contributed by atoms with Gasteiger partial charge in [0.25, 0.3) is 0 Å². The summed E-state index contributed by atoms with van der Waals surface area (Å²) in [7, 11) is 0. The van der Waals surface area contributed by atoms with Crippen molar-refractivity contribution in [2.24, 2.45) is 4.99 Å². The van der Waals surface area contributed by atoms with Gasteiger partial charge in [0.05, 0.1) is 23.0 Å². The number of dihydropyridines is 1. The fraction of sp³-hybridized carbons (Fsp3) is 0.217. The van der Waals surface area contributed by atoms with Gasteiger partial charge in [-0.15, -0.1) is 11.8 Å². The number of carbonyl (C=O) groups excluding carboxylic acids is 1. The Morgan fingerprint density at radius 1 is 1.11 bits per heavy atom. The Hall–Kier alpha value is -2.59. The zero-order chi connectivity index (χ0) is 18.6. The van der Waals surface area contributed by atoms with E-state index < -0.39 is 0 Å². The van der Waals surface area contributed by atoms with Gasteiger partial charge in [0, 0.05) is 5.57 Å². The smallest absolute Gasteiger partial charge is 0.249 e. The molecule has 0 saturated carbocycles. The first kappa shape index (κ1) is 17.8. The second-order valence-electron chi connectivity index (χ2n) is 6.70. The average Bonchev–Trinajstić information content (AvgIpc) is 3.21. The molecule has 0 spiro atoms. The summed E-state index contributed by atoms with van der Waals surface area (Å²) in [5.41, 5.74) is 3.86. The van der Waals surface area contributed by atoms with Gasteiger partial charge >= 0.3 is 0 Å². The Kier molecular flexibility index (Phi) is 5.26. The number of hydrogen-bond donors (Lipinski definition) is 1. The Morgan fingerprint density at radius 2 is 1.81 bits per heavy atom. The first-order chi connectivity index (χ1) is 13.3. The van der Waals surface area contributed by atoms with Crippen molar-refractivity contribution >= 4 is 23.4 Å². The highest BCUT2D eigenvalue weighted by Gasteiger charge is 2.34.